The molecule has 192 valence electrons. The Bertz CT molecular complexity index is 1430. The van der Waals surface area contributed by atoms with Crippen molar-refractivity contribution in [3.8, 4) is 11.1 Å². The van der Waals surface area contributed by atoms with Gasteiger partial charge in [-0.05, 0) is 77.9 Å². The number of rotatable bonds is 7. The first kappa shape index (κ1) is 25.3. The predicted octanol–water partition coefficient (Wildman–Crippen LogP) is 6.58. The fourth-order valence-electron chi connectivity index (χ4n) is 5.13. The SMILES string of the molecule is COC(=O)c1ccc(-c2ccccc2CN2CCCc3cc(C(=O)NC(C)c4ccccc4)ccc32)cc1. The van der Waals surface area contributed by atoms with Crippen molar-refractivity contribution in [3.63, 3.8) is 0 Å². The number of fused-ring (bicyclic) bond motifs is 1. The lowest BCUT2D eigenvalue weighted by Crippen LogP contribution is -2.30. The van der Waals surface area contributed by atoms with Crippen molar-refractivity contribution < 1.29 is 14.3 Å². The highest BCUT2D eigenvalue weighted by molar-refractivity contribution is 5.95. The molecule has 0 spiro atoms. The van der Waals surface area contributed by atoms with Crippen LogP contribution in [-0.2, 0) is 17.7 Å². The number of ether oxygens (including phenoxy) is 1. The molecule has 5 nitrogen and oxygen atoms in total. The highest BCUT2D eigenvalue weighted by Crippen LogP contribution is 2.32. The highest BCUT2D eigenvalue weighted by atomic mass is 16.5. The van der Waals surface area contributed by atoms with Gasteiger partial charge in [0, 0.05) is 24.3 Å². The lowest BCUT2D eigenvalue weighted by atomic mass is 9.95. The minimum absolute atomic E-state index is 0.0537. The Morgan fingerprint density at radius 1 is 0.895 bits per heavy atom. The molecule has 1 amide bonds. The minimum Gasteiger partial charge on any atom is -0.465 e. The van der Waals surface area contributed by atoms with E-state index in [1.54, 1.807) is 12.1 Å². The maximum atomic E-state index is 13.0. The van der Waals surface area contributed by atoms with Gasteiger partial charge in [0.05, 0.1) is 18.7 Å². The van der Waals surface area contributed by atoms with Gasteiger partial charge in [-0.25, -0.2) is 4.79 Å². The average Bonchev–Trinajstić information content (AvgIpc) is 2.97. The number of nitrogens with one attached hydrogen (secondary N) is 1. The average molecular weight is 505 g/mol. The standard InChI is InChI=1S/C33H32N2O3/c1-23(24-9-4-3-5-10-24)34-32(36)28-18-19-31-27(21-28)12-8-20-35(31)22-29-11-6-7-13-30(29)25-14-16-26(17-15-25)33(37)38-2/h3-7,9-11,13-19,21,23H,8,12,20,22H2,1-2H3,(H,34,36). The van der Waals surface area contributed by atoms with Crippen LogP contribution in [0.3, 0.4) is 0 Å². The Morgan fingerprint density at radius 3 is 2.37 bits per heavy atom. The maximum absolute atomic E-state index is 13.0. The van der Waals surface area contributed by atoms with Gasteiger partial charge in [0.15, 0.2) is 0 Å². The molecule has 0 fully saturated rings. The smallest absolute Gasteiger partial charge is 0.337 e. The minimum atomic E-state index is -0.336. The summed E-state index contributed by atoms with van der Waals surface area (Å²) in [5, 5.41) is 3.13. The molecule has 0 aliphatic carbocycles. The van der Waals surface area contributed by atoms with Crippen LogP contribution in [0.5, 0.6) is 0 Å². The zero-order valence-corrected chi connectivity index (χ0v) is 21.8. The van der Waals surface area contributed by atoms with Gasteiger partial charge in [0.1, 0.15) is 0 Å². The topological polar surface area (TPSA) is 58.6 Å². The second-order valence-electron chi connectivity index (χ2n) is 9.70. The molecule has 1 heterocycles. The molecule has 0 radical (unpaired) electrons. The van der Waals surface area contributed by atoms with Crippen LogP contribution in [-0.4, -0.2) is 25.5 Å². The van der Waals surface area contributed by atoms with Gasteiger partial charge >= 0.3 is 5.97 Å². The van der Waals surface area contributed by atoms with Gasteiger partial charge in [-0.1, -0.05) is 66.7 Å². The van der Waals surface area contributed by atoms with Crippen molar-refractivity contribution in [2.24, 2.45) is 0 Å². The fraction of sp³-hybridized carbons (Fsp3) is 0.212. The van der Waals surface area contributed by atoms with Crippen LogP contribution in [0.15, 0.2) is 97.1 Å². The van der Waals surface area contributed by atoms with Crippen molar-refractivity contribution >= 4 is 17.6 Å². The Balaban J connectivity index is 1.34. The number of hydrogen-bond acceptors (Lipinski definition) is 4. The normalized spacial score (nSPS) is 13.4. The van der Waals surface area contributed by atoms with E-state index in [0.717, 1.165) is 42.6 Å². The number of methoxy groups -OCH3 is 1. The zero-order chi connectivity index (χ0) is 26.5. The molecule has 0 saturated carbocycles. The lowest BCUT2D eigenvalue weighted by molar-refractivity contribution is 0.0600. The van der Waals surface area contributed by atoms with E-state index in [0.29, 0.717) is 11.1 Å². The van der Waals surface area contributed by atoms with Gasteiger partial charge < -0.3 is 15.0 Å². The molecule has 1 unspecified atom stereocenters. The summed E-state index contributed by atoms with van der Waals surface area (Å²) in [5.74, 6) is -0.389. The predicted molar refractivity (Wildman–Crippen MR) is 151 cm³/mol. The third-order valence-corrected chi connectivity index (χ3v) is 7.20. The Morgan fingerprint density at radius 2 is 1.61 bits per heavy atom. The third-order valence-electron chi connectivity index (χ3n) is 7.20. The summed E-state index contributed by atoms with van der Waals surface area (Å²) in [7, 11) is 1.39. The second-order valence-corrected chi connectivity index (χ2v) is 9.70. The van der Waals surface area contributed by atoms with Crippen LogP contribution in [0.25, 0.3) is 11.1 Å². The van der Waals surface area contributed by atoms with Gasteiger partial charge in [0.25, 0.3) is 5.91 Å². The van der Waals surface area contributed by atoms with E-state index in [-0.39, 0.29) is 17.9 Å². The van der Waals surface area contributed by atoms with Crippen molar-refractivity contribution in [1.82, 2.24) is 5.32 Å². The summed E-state index contributed by atoms with van der Waals surface area (Å²) in [6.45, 7) is 3.73. The van der Waals surface area contributed by atoms with Crippen molar-refractivity contribution in [1.29, 1.82) is 0 Å². The zero-order valence-electron chi connectivity index (χ0n) is 21.8. The van der Waals surface area contributed by atoms with Crippen molar-refractivity contribution in [3.05, 3.63) is 125 Å². The van der Waals surface area contributed by atoms with Crippen molar-refractivity contribution in [2.75, 3.05) is 18.6 Å². The largest absolute Gasteiger partial charge is 0.465 e. The van der Waals surface area contributed by atoms with E-state index in [4.69, 9.17) is 4.74 Å². The van der Waals surface area contributed by atoms with E-state index < -0.39 is 0 Å². The summed E-state index contributed by atoms with van der Waals surface area (Å²) in [6, 6.07) is 31.9. The summed E-state index contributed by atoms with van der Waals surface area (Å²) < 4.78 is 4.83. The molecule has 4 aromatic rings. The molecular weight excluding hydrogens is 472 g/mol. The van der Waals surface area contributed by atoms with Crippen LogP contribution in [0.1, 0.15) is 56.8 Å². The maximum Gasteiger partial charge on any atom is 0.337 e. The van der Waals surface area contributed by atoms with Crippen LogP contribution in [0.2, 0.25) is 0 Å². The number of carbonyl (C=O) groups is 2. The van der Waals surface area contributed by atoms with Gasteiger partial charge in [-0.2, -0.15) is 0 Å². The lowest BCUT2D eigenvalue weighted by Gasteiger charge is -2.32. The number of hydrogen-bond donors (Lipinski definition) is 1. The number of esters is 1. The molecule has 1 N–H and O–H groups in total. The third kappa shape index (κ3) is 5.47. The molecule has 1 atom stereocenters. The first-order valence-corrected chi connectivity index (χ1v) is 13.0. The van der Waals surface area contributed by atoms with Crippen LogP contribution in [0.4, 0.5) is 5.69 Å². The summed E-state index contributed by atoms with van der Waals surface area (Å²) in [6.07, 6.45) is 1.99. The highest BCUT2D eigenvalue weighted by Gasteiger charge is 2.21. The number of benzene rings is 4. The van der Waals surface area contributed by atoms with Gasteiger partial charge in [0.2, 0.25) is 0 Å². The number of amides is 1. The quantitative estimate of drug-likeness (QED) is 0.289. The van der Waals surface area contributed by atoms with Gasteiger partial charge in [-0.15, -0.1) is 0 Å². The summed E-state index contributed by atoms with van der Waals surface area (Å²) >= 11 is 0. The van der Waals surface area contributed by atoms with E-state index in [1.807, 2.05) is 67.6 Å². The molecule has 4 aromatic carbocycles. The Kier molecular flexibility index (Phi) is 7.55. The number of aryl methyl sites for hydroxylation is 1. The number of carbonyl (C=O) groups excluding carboxylic acids is 2. The molecule has 5 rings (SSSR count). The van der Waals surface area contributed by atoms with Crippen LogP contribution < -0.4 is 10.2 Å². The van der Waals surface area contributed by atoms with Crippen molar-refractivity contribution in [2.45, 2.75) is 32.4 Å². The van der Waals surface area contributed by atoms with E-state index in [2.05, 4.69) is 34.5 Å². The summed E-state index contributed by atoms with van der Waals surface area (Å²) in [4.78, 5) is 27.3. The molecule has 5 heteroatoms. The molecule has 1 aliphatic rings. The van der Waals surface area contributed by atoms with E-state index in [1.165, 1.54) is 23.9 Å². The second kappa shape index (κ2) is 11.3. The molecule has 0 aromatic heterocycles. The van der Waals surface area contributed by atoms with Gasteiger partial charge in [-0.3, -0.25) is 4.79 Å². The summed E-state index contributed by atoms with van der Waals surface area (Å²) in [5.41, 5.74) is 8.12. The molecular formula is C33H32N2O3. The van der Waals surface area contributed by atoms with E-state index in [9.17, 15) is 9.59 Å². The number of anilines is 1. The van der Waals surface area contributed by atoms with Crippen LogP contribution in [0, 0.1) is 0 Å². The number of nitrogens with zero attached hydrogens (tertiary/aromatic N) is 1. The Labute approximate surface area is 224 Å². The van der Waals surface area contributed by atoms with E-state index >= 15 is 0 Å². The molecule has 0 saturated heterocycles. The molecule has 1 aliphatic heterocycles. The first-order chi connectivity index (χ1) is 18.5. The van der Waals surface area contributed by atoms with Crippen LogP contribution >= 0.6 is 0 Å². The Hall–Kier alpha value is -4.38. The monoisotopic (exact) mass is 504 g/mol. The molecule has 0 bridgehead atoms. The fourth-order valence-corrected chi connectivity index (χ4v) is 5.13. The first-order valence-electron chi connectivity index (χ1n) is 13.0. The molecule has 38 heavy (non-hydrogen) atoms.